The Hall–Kier alpha value is -2.62. The van der Waals surface area contributed by atoms with Gasteiger partial charge in [-0.05, 0) is 31.4 Å². The molecule has 2 heterocycles. The molecule has 1 aliphatic heterocycles. The number of rotatable bonds is 2. The Morgan fingerprint density at radius 3 is 2.67 bits per heavy atom. The highest BCUT2D eigenvalue weighted by Crippen LogP contribution is 2.12. The zero-order valence-electron chi connectivity index (χ0n) is 11.7. The number of pyridine rings is 1. The fourth-order valence-electron chi connectivity index (χ4n) is 2.30. The summed E-state index contributed by atoms with van der Waals surface area (Å²) in [6, 6.07) is 3.55. The largest absolute Gasteiger partial charge is 0.465 e. The van der Waals surface area contributed by atoms with Crippen molar-refractivity contribution in [3.63, 3.8) is 0 Å². The van der Waals surface area contributed by atoms with E-state index in [2.05, 4.69) is 10.3 Å². The van der Waals surface area contributed by atoms with Crippen molar-refractivity contribution in [3.8, 4) is 6.07 Å². The summed E-state index contributed by atoms with van der Waals surface area (Å²) in [7, 11) is 0. The molecule has 21 heavy (non-hydrogen) atoms. The van der Waals surface area contributed by atoms with Crippen LogP contribution in [0.3, 0.4) is 0 Å². The molecular formula is C14H16N4O3. The van der Waals surface area contributed by atoms with E-state index in [1.54, 1.807) is 13.0 Å². The van der Waals surface area contributed by atoms with Crippen molar-refractivity contribution < 1.29 is 14.7 Å². The number of nitrogens with zero attached hydrogens (tertiary/aromatic N) is 3. The number of carboxylic acid groups (broad SMARTS) is 1. The van der Waals surface area contributed by atoms with E-state index in [9.17, 15) is 9.59 Å². The lowest BCUT2D eigenvalue weighted by molar-refractivity contribution is 0.0907. The maximum atomic E-state index is 12.1. The highest BCUT2D eigenvalue weighted by molar-refractivity contribution is 5.94. The van der Waals surface area contributed by atoms with Gasteiger partial charge in [0, 0.05) is 25.3 Å². The predicted molar refractivity (Wildman–Crippen MR) is 73.8 cm³/mol. The van der Waals surface area contributed by atoms with E-state index in [0.717, 1.165) is 0 Å². The molecule has 1 aliphatic rings. The van der Waals surface area contributed by atoms with Gasteiger partial charge in [-0.2, -0.15) is 5.26 Å². The second-order valence-corrected chi connectivity index (χ2v) is 5.02. The first kappa shape index (κ1) is 14.8. The van der Waals surface area contributed by atoms with Gasteiger partial charge in [0.05, 0.1) is 5.56 Å². The molecule has 0 bridgehead atoms. The molecule has 7 nitrogen and oxygen atoms in total. The lowest BCUT2D eigenvalue weighted by Crippen LogP contribution is -2.46. The Morgan fingerprint density at radius 2 is 2.14 bits per heavy atom. The van der Waals surface area contributed by atoms with Crippen LogP contribution in [0.1, 0.15) is 34.5 Å². The van der Waals surface area contributed by atoms with Crippen LogP contribution in [0, 0.1) is 18.3 Å². The van der Waals surface area contributed by atoms with E-state index < -0.39 is 6.09 Å². The minimum Gasteiger partial charge on any atom is -0.465 e. The van der Waals surface area contributed by atoms with Gasteiger partial charge >= 0.3 is 6.09 Å². The zero-order chi connectivity index (χ0) is 15.4. The highest BCUT2D eigenvalue weighted by Gasteiger charge is 2.23. The van der Waals surface area contributed by atoms with Crippen LogP contribution in [0.25, 0.3) is 0 Å². The van der Waals surface area contributed by atoms with E-state index in [1.807, 2.05) is 6.07 Å². The Kier molecular flexibility index (Phi) is 4.38. The van der Waals surface area contributed by atoms with Crippen molar-refractivity contribution in [1.82, 2.24) is 15.2 Å². The van der Waals surface area contributed by atoms with E-state index in [0.29, 0.717) is 42.8 Å². The van der Waals surface area contributed by atoms with E-state index >= 15 is 0 Å². The molecule has 2 N–H and O–H groups in total. The van der Waals surface area contributed by atoms with Gasteiger partial charge in [-0.15, -0.1) is 0 Å². The monoisotopic (exact) mass is 288 g/mol. The van der Waals surface area contributed by atoms with Crippen molar-refractivity contribution in [3.05, 3.63) is 29.1 Å². The molecule has 2 rings (SSSR count). The molecule has 1 saturated heterocycles. The summed E-state index contributed by atoms with van der Waals surface area (Å²) < 4.78 is 0. The lowest BCUT2D eigenvalue weighted by atomic mass is 10.0. The summed E-state index contributed by atoms with van der Waals surface area (Å²) in [6.45, 7) is 2.57. The van der Waals surface area contributed by atoms with Crippen molar-refractivity contribution in [2.75, 3.05) is 13.1 Å². The van der Waals surface area contributed by atoms with Crippen LogP contribution >= 0.6 is 0 Å². The first-order valence-electron chi connectivity index (χ1n) is 6.66. The minimum atomic E-state index is -0.924. The number of piperidine rings is 1. The van der Waals surface area contributed by atoms with Gasteiger partial charge in [-0.1, -0.05) is 0 Å². The second kappa shape index (κ2) is 6.22. The number of aryl methyl sites for hydroxylation is 1. The van der Waals surface area contributed by atoms with Crippen molar-refractivity contribution in [2.45, 2.75) is 25.8 Å². The number of aromatic nitrogens is 1. The fourth-order valence-corrected chi connectivity index (χ4v) is 2.30. The highest BCUT2D eigenvalue weighted by atomic mass is 16.4. The summed E-state index contributed by atoms with van der Waals surface area (Å²) in [5.74, 6) is -0.246. The van der Waals surface area contributed by atoms with Crippen molar-refractivity contribution in [1.29, 1.82) is 5.26 Å². The first-order chi connectivity index (χ1) is 10.0. The normalized spacial score (nSPS) is 15.3. The Bertz CT molecular complexity index is 601. The van der Waals surface area contributed by atoms with Gasteiger partial charge in [0.25, 0.3) is 5.91 Å². The van der Waals surface area contributed by atoms with Gasteiger partial charge in [-0.25, -0.2) is 9.78 Å². The summed E-state index contributed by atoms with van der Waals surface area (Å²) in [6.07, 6.45) is 1.65. The van der Waals surface area contributed by atoms with E-state index in [4.69, 9.17) is 10.4 Å². The number of hydrogen-bond donors (Lipinski definition) is 2. The average Bonchev–Trinajstić information content (AvgIpc) is 2.47. The van der Waals surface area contributed by atoms with E-state index in [1.165, 1.54) is 11.1 Å². The SMILES string of the molecule is Cc1cc(C(=O)NC2CCN(C(=O)O)CC2)cnc1C#N. The molecule has 0 unspecified atom stereocenters. The number of carbonyl (C=O) groups is 2. The summed E-state index contributed by atoms with van der Waals surface area (Å²) in [5.41, 5.74) is 1.37. The number of hydrogen-bond acceptors (Lipinski definition) is 4. The molecule has 7 heteroatoms. The molecular weight excluding hydrogens is 272 g/mol. The third kappa shape index (κ3) is 3.48. The molecule has 0 aromatic carbocycles. The number of likely N-dealkylation sites (tertiary alicyclic amines) is 1. The van der Waals surface area contributed by atoms with Crippen LogP contribution in [-0.4, -0.2) is 46.1 Å². The Balaban J connectivity index is 1.95. The molecule has 0 radical (unpaired) electrons. The second-order valence-electron chi connectivity index (χ2n) is 5.02. The van der Waals surface area contributed by atoms with Crippen LogP contribution in [-0.2, 0) is 0 Å². The smallest absolute Gasteiger partial charge is 0.407 e. The molecule has 2 amide bonds. The topological polar surface area (TPSA) is 106 Å². The van der Waals surface area contributed by atoms with Crippen LogP contribution in [0.4, 0.5) is 4.79 Å². The van der Waals surface area contributed by atoms with Crippen LogP contribution < -0.4 is 5.32 Å². The Labute approximate surface area is 122 Å². The van der Waals surface area contributed by atoms with E-state index in [-0.39, 0.29) is 11.9 Å². The van der Waals surface area contributed by atoms with Gasteiger partial charge in [0.2, 0.25) is 0 Å². The third-order valence-corrected chi connectivity index (χ3v) is 3.55. The quantitative estimate of drug-likeness (QED) is 0.848. The first-order valence-corrected chi connectivity index (χ1v) is 6.66. The maximum absolute atomic E-state index is 12.1. The molecule has 0 spiro atoms. The van der Waals surface area contributed by atoms with Crippen LogP contribution in [0.2, 0.25) is 0 Å². The summed E-state index contributed by atoms with van der Waals surface area (Å²) >= 11 is 0. The number of amides is 2. The molecule has 1 aromatic rings. The number of nitriles is 1. The number of nitrogens with one attached hydrogen (secondary N) is 1. The maximum Gasteiger partial charge on any atom is 0.407 e. The number of carbonyl (C=O) groups excluding carboxylic acids is 1. The average molecular weight is 288 g/mol. The van der Waals surface area contributed by atoms with Gasteiger partial charge in [0.1, 0.15) is 11.8 Å². The molecule has 0 aliphatic carbocycles. The standard InChI is InChI=1S/C14H16N4O3/c1-9-6-10(8-16-12(9)7-15)13(19)17-11-2-4-18(5-3-11)14(20)21/h6,8,11H,2-5H2,1H3,(H,17,19)(H,20,21). The van der Waals surface area contributed by atoms with Crippen LogP contribution in [0.15, 0.2) is 12.3 Å². The van der Waals surface area contributed by atoms with Crippen LogP contribution in [0.5, 0.6) is 0 Å². The van der Waals surface area contributed by atoms with Gasteiger partial charge < -0.3 is 15.3 Å². The fraction of sp³-hybridized carbons (Fsp3) is 0.429. The van der Waals surface area contributed by atoms with Crippen molar-refractivity contribution >= 4 is 12.0 Å². The van der Waals surface area contributed by atoms with Gasteiger partial charge in [0.15, 0.2) is 0 Å². The predicted octanol–water partition coefficient (Wildman–Crippen LogP) is 1.13. The molecule has 1 fully saturated rings. The molecule has 0 saturated carbocycles. The third-order valence-electron chi connectivity index (χ3n) is 3.55. The molecule has 1 aromatic heterocycles. The molecule has 0 atom stereocenters. The summed E-state index contributed by atoms with van der Waals surface area (Å²) in [4.78, 5) is 28.2. The van der Waals surface area contributed by atoms with Gasteiger partial charge in [-0.3, -0.25) is 4.79 Å². The lowest BCUT2D eigenvalue weighted by Gasteiger charge is -2.30. The Morgan fingerprint density at radius 1 is 1.48 bits per heavy atom. The van der Waals surface area contributed by atoms with Crippen molar-refractivity contribution in [2.24, 2.45) is 0 Å². The summed E-state index contributed by atoms with van der Waals surface area (Å²) in [5, 5.41) is 20.6. The minimum absolute atomic E-state index is 0.0379. The zero-order valence-corrected chi connectivity index (χ0v) is 11.7. The molecule has 110 valence electrons.